The molecule has 2 heterocycles. The van der Waals surface area contributed by atoms with Crippen LogP contribution in [-0.2, 0) is 23.7 Å². The van der Waals surface area contributed by atoms with Gasteiger partial charge in [0.25, 0.3) is 0 Å². The first-order chi connectivity index (χ1) is 18.1. The summed E-state index contributed by atoms with van der Waals surface area (Å²) in [5.41, 5.74) is -1.52. The zero-order valence-corrected chi connectivity index (χ0v) is 19.9. The standard InChI is InChI=1S/C24H24F6N6O2/c25-23(26,27)17-5-7-18(8-6-17)32-21-33-20(31-9-10-36-11-13-37-14-12-36)34-22(35-21)38-15-16-3-1-2-4-19(16)24(28,29)30/h1-8H,9-15H2,(H2,31,32,33,34,35). The van der Waals surface area contributed by atoms with Gasteiger partial charge < -0.3 is 20.1 Å². The number of halogens is 6. The Morgan fingerprint density at radius 2 is 1.53 bits per heavy atom. The number of morpholine rings is 1. The Morgan fingerprint density at radius 3 is 2.21 bits per heavy atom. The Balaban J connectivity index is 1.51. The smallest absolute Gasteiger partial charge is 0.416 e. The van der Waals surface area contributed by atoms with Crippen LogP contribution in [0.15, 0.2) is 48.5 Å². The van der Waals surface area contributed by atoms with E-state index in [-0.39, 0.29) is 29.2 Å². The number of ether oxygens (including phenoxy) is 2. The first-order valence-corrected chi connectivity index (χ1v) is 11.6. The van der Waals surface area contributed by atoms with Crippen molar-refractivity contribution in [3.8, 4) is 6.01 Å². The van der Waals surface area contributed by atoms with Crippen molar-refractivity contribution in [1.29, 1.82) is 0 Å². The van der Waals surface area contributed by atoms with Gasteiger partial charge in [0.05, 0.1) is 24.3 Å². The molecule has 0 spiro atoms. The van der Waals surface area contributed by atoms with Crippen LogP contribution in [0.1, 0.15) is 16.7 Å². The SMILES string of the molecule is FC(F)(F)c1ccc(Nc2nc(NCCN3CCOCC3)nc(OCc3ccccc3C(F)(F)F)n2)cc1. The molecule has 0 bridgehead atoms. The third-order valence-corrected chi connectivity index (χ3v) is 5.58. The van der Waals surface area contributed by atoms with Crippen LogP contribution in [0.3, 0.4) is 0 Å². The summed E-state index contributed by atoms with van der Waals surface area (Å²) in [6.45, 7) is 3.44. The molecule has 2 N–H and O–H groups in total. The van der Waals surface area contributed by atoms with Crippen molar-refractivity contribution in [2.24, 2.45) is 0 Å². The minimum absolute atomic E-state index is 0.0623. The predicted molar refractivity (Wildman–Crippen MR) is 126 cm³/mol. The highest BCUT2D eigenvalue weighted by molar-refractivity contribution is 5.55. The van der Waals surface area contributed by atoms with Gasteiger partial charge in [-0.15, -0.1) is 0 Å². The van der Waals surface area contributed by atoms with Crippen molar-refractivity contribution < 1.29 is 35.8 Å². The fraction of sp³-hybridized carbons (Fsp3) is 0.375. The summed E-state index contributed by atoms with van der Waals surface area (Å²) in [6, 6.07) is 8.91. The monoisotopic (exact) mass is 542 g/mol. The molecular formula is C24H24F6N6O2. The molecule has 0 aliphatic carbocycles. The van der Waals surface area contributed by atoms with Crippen LogP contribution < -0.4 is 15.4 Å². The third kappa shape index (κ3) is 7.68. The van der Waals surface area contributed by atoms with E-state index in [4.69, 9.17) is 9.47 Å². The van der Waals surface area contributed by atoms with E-state index in [0.717, 1.165) is 31.3 Å². The molecule has 1 aliphatic rings. The van der Waals surface area contributed by atoms with Crippen molar-refractivity contribution in [1.82, 2.24) is 19.9 Å². The number of aromatic nitrogens is 3. The maximum atomic E-state index is 13.3. The summed E-state index contributed by atoms with van der Waals surface area (Å²) in [4.78, 5) is 14.6. The Labute approximate surface area is 214 Å². The summed E-state index contributed by atoms with van der Waals surface area (Å²) in [5.74, 6) is 0.0227. The molecule has 14 heteroatoms. The van der Waals surface area contributed by atoms with E-state index < -0.39 is 30.1 Å². The maximum Gasteiger partial charge on any atom is 0.416 e. The molecule has 3 aromatic rings. The largest absolute Gasteiger partial charge is 0.458 e. The highest BCUT2D eigenvalue weighted by atomic mass is 19.4. The highest BCUT2D eigenvalue weighted by Crippen LogP contribution is 2.33. The van der Waals surface area contributed by atoms with Gasteiger partial charge >= 0.3 is 18.4 Å². The second-order valence-electron chi connectivity index (χ2n) is 8.29. The van der Waals surface area contributed by atoms with Gasteiger partial charge in [0.15, 0.2) is 0 Å². The zero-order chi connectivity index (χ0) is 27.2. The molecule has 38 heavy (non-hydrogen) atoms. The minimum atomic E-state index is -4.57. The van der Waals surface area contributed by atoms with E-state index in [9.17, 15) is 26.3 Å². The van der Waals surface area contributed by atoms with Crippen molar-refractivity contribution in [2.75, 3.05) is 50.0 Å². The van der Waals surface area contributed by atoms with Gasteiger partial charge in [-0.2, -0.15) is 41.3 Å². The number of hydrogen-bond donors (Lipinski definition) is 2. The molecule has 2 aromatic carbocycles. The Bertz CT molecular complexity index is 1200. The number of anilines is 3. The topological polar surface area (TPSA) is 84.4 Å². The lowest BCUT2D eigenvalue weighted by atomic mass is 10.1. The molecule has 1 aliphatic heterocycles. The first-order valence-electron chi connectivity index (χ1n) is 11.6. The molecule has 0 radical (unpaired) electrons. The van der Waals surface area contributed by atoms with E-state index in [1.807, 2.05) is 0 Å². The molecule has 0 unspecified atom stereocenters. The van der Waals surface area contributed by atoms with Crippen molar-refractivity contribution in [3.05, 3.63) is 65.2 Å². The van der Waals surface area contributed by atoms with E-state index in [1.165, 1.54) is 30.3 Å². The fourth-order valence-corrected chi connectivity index (χ4v) is 3.64. The molecule has 0 saturated carbocycles. The van der Waals surface area contributed by atoms with Crippen molar-refractivity contribution in [2.45, 2.75) is 19.0 Å². The van der Waals surface area contributed by atoms with E-state index in [0.29, 0.717) is 26.3 Å². The number of hydrogen-bond acceptors (Lipinski definition) is 8. The van der Waals surface area contributed by atoms with Crippen LogP contribution in [0.4, 0.5) is 43.9 Å². The predicted octanol–water partition coefficient (Wildman–Crippen LogP) is 4.98. The van der Waals surface area contributed by atoms with E-state index in [1.54, 1.807) is 0 Å². The molecule has 4 rings (SSSR count). The second kappa shape index (κ2) is 11.8. The quantitative estimate of drug-likeness (QED) is 0.367. The highest BCUT2D eigenvalue weighted by Gasteiger charge is 2.33. The molecule has 204 valence electrons. The number of alkyl halides is 6. The molecule has 8 nitrogen and oxygen atoms in total. The number of nitrogens with zero attached hydrogens (tertiary/aromatic N) is 4. The van der Waals surface area contributed by atoms with Crippen molar-refractivity contribution >= 4 is 17.6 Å². The van der Waals surface area contributed by atoms with Crippen LogP contribution >= 0.6 is 0 Å². The lowest BCUT2D eigenvalue weighted by Gasteiger charge is -2.26. The molecular weight excluding hydrogens is 518 g/mol. The minimum Gasteiger partial charge on any atom is -0.458 e. The number of benzene rings is 2. The van der Waals surface area contributed by atoms with Gasteiger partial charge in [-0.05, 0) is 30.3 Å². The third-order valence-electron chi connectivity index (χ3n) is 5.58. The maximum absolute atomic E-state index is 13.3. The fourth-order valence-electron chi connectivity index (χ4n) is 3.64. The van der Waals surface area contributed by atoms with E-state index in [2.05, 4.69) is 30.5 Å². The van der Waals surface area contributed by atoms with Gasteiger partial charge in [-0.1, -0.05) is 18.2 Å². The number of rotatable bonds is 9. The molecule has 1 fully saturated rings. The van der Waals surface area contributed by atoms with Gasteiger partial charge in [-0.25, -0.2) is 0 Å². The van der Waals surface area contributed by atoms with Gasteiger partial charge in [-0.3, -0.25) is 4.90 Å². The van der Waals surface area contributed by atoms with Crippen LogP contribution in [0.25, 0.3) is 0 Å². The van der Waals surface area contributed by atoms with Crippen LogP contribution in [0.5, 0.6) is 6.01 Å². The summed E-state index contributed by atoms with van der Waals surface area (Å²) >= 11 is 0. The summed E-state index contributed by atoms with van der Waals surface area (Å²) in [6.07, 6.45) is -9.06. The molecule has 0 amide bonds. The summed E-state index contributed by atoms with van der Waals surface area (Å²) in [5, 5.41) is 5.81. The first kappa shape index (κ1) is 27.4. The Hall–Kier alpha value is -3.65. The normalized spacial score (nSPS) is 14.8. The van der Waals surface area contributed by atoms with E-state index >= 15 is 0 Å². The molecule has 1 saturated heterocycles. The van der Waals surface area contributed by atoms with Gasteiger partial charge in [0.2, 0.25) is 11.9 Å². The van der Waals surface area contributed by atoms with Crippen LogP contribution in [-0.4, -0.2) is 59.2 Å². The molecule has 1 aromatic heterocycles. The zero-order valence-electron chi connectivity index (χ0n) is 19.9. The summed E-state index contributed by atoms with van der Waals surface area (Å²) in [7, 11) is 0. The van der Waals surface area contributed by atoms with Crippen LogP contribution in [0, 0.1) is 0 Å². The average molecular weight is 542 g/mol. The number of nitrogens with one attached hydrogen (secondary N) is 2. The van der Waals surface area contributed by atoms with Gasteiger partial charge in [0.1, 0.15) is 6.61 Å². The second-order valence-corrected chi connectivity index (χ2v) is 8.29. The van der Waals surface area contributed by atoms with Gasteiger partial charge in [0, 0.05) is 37.4 Å². The van der Waals surface area contributed by atoms with Crippen molar-refractivity contribution in [3.63, 3.8) is 0 Å². The van der Waals surface area contributed by atoms with Crippen LogP contribution in [0.2, 0.25) is 0 Å². The summed E-state index contributed by atoms with van der Waals surface area (Å²) < 4.78 is 89.4. The lowest BCUT2D eigenvalue weighted by Crippen LogP contribution is -2.39. The average Bonchev–Trinajstić information content (AvgIpc) is 2.87. The lowest BCUT2D eigenvalue weighted by molar-refractivity contribution is -0.139. The molecule has 0 atom stereocenters. The Morgan fingerprint density at radius 1 is 0.842 bits per heavy atom. The Kier molecular flexibility index (Phi) is 8.52.